The van der Waals surface area contributed by atoms with Crippen LogP contribution in [0.3, 0.4) is 0 Å². The van der Waals surface area contributed by atoms with Crippen LogP contribution in [0.25, 0.3) is 0 Å². The first-order valence-electron chi connectivity index (χ1n) is 9.47. The summed E-state index contributed by atoms with van der Waals surface area (Å²) in [4.78, 5) is 40.8. The lowest BCUT2D eigenvalue weighted by Crippen LogP contribution is -2.69. The molecule has 7 N–H and O–H groups in total. The van der Waals surface area contributed by atoms with Gasteiger partial charge in [-0.15, -0.1) is 0 Å². The Bertz CT molecular complexity index is 1180. The number of nitrogen functional groups attached to an aromatic ring is 1. The standard InChI is InChI=1S/C21H20F2N6O4S/c1-21(18(22)23,28-20(32)25-2)15(17(31)29-33)27-16(30)13-9-7-12(8-10-13)5-3-4-6-14-11-26-19(24)34-14/h7-11,15,18,33H,1-2H3,(H2,24,26)(H,27,30)(H,29,31)(H2,25,28,32). The third-order valence-electron chi connectivity index (χ3n) is 4.44. The molecule has 0 radical (unpaired) electrons. The molecule has 178 valence electrons. The van der Waals surface area contributed by atoms with Gasteiger partial charge in [0.15, 0.2) is 5.13 Å². The van der Waals surface area contributed by atoms with Crippen molar-refractivity contribution >= 4 is 34.3 Å². The van der Waals surface area contributed by atoms with E-state index in [-0.39, 0.29) is 5.56 Å². The Morgan fingerprint density at radius 1 is 1.18 bits per heavy atom. The summed E-state index contributed by atoms with van der Waals surface area (Å²) in [6.07, 6.45) is -1.76. The van der Waals surface area contributed by atoms with E-state index in [1.165, 1.54) is 54.3 Å². The van der Waals surface area contributed by atoms with Crippen LogP contribution in [0.2, 0.25) is 0 Å². The van der Waals surface area contributed by atoms with Gasteiger partial charge in [-0.2, -0.15) is 0 Å². The second kappa shape index (κ2) is 11.6. The summed E-state index contributed by atoms with van der Waals surface area (Å²) < 4.78 is 27.6. The van der Waals surface area contributed by atoms with E-state index in [0.29, 0.717) is 15.6 Å². The Hall–Kier alpha value is -4.20. The molecule has 2 rings (SSSR count). The summed E-state index contributed by atoms with van der Waals surface area (Å²) in [5.41, 5.74) is 4.72. The van der Waals surface area contributed by atoms with E-state index < -0.39 is 35.9 Å². The zero-order valence-corrected chi connectivity index (χ0v) is 18.7. The molecule has 0 spiro atoms. The van der Waals surface area contributed by atoms with Gasteiger partial charge in [0.05, 0.1) is 11.1 Å². The molecule has 0 aliphatic carbocycles. The van der Waals surface area contributed by atoms with Gasteiger partial charge >= 0.3 is 6.03 Å². The molecule has 1 aromatic heterocycles. The number of halogens is 2. The van der Waals surface area contributed by atoms with Crippen LogP contribution < -0.4 is 27.2 Å². The Kier molecular flexibility index (Phi) is 8.89. The van der Waals surface area contributed by atoms with Gasteiger partial charge < -0.3 is 21.7 Å². The highest BCUT2D eigenvalue weighted by atomic mass is 32.1. The van der Waals surface area contributed by atoms with Crippen LogP contribution in [-0.2, 0) is 4.79 Å². The topological polar surface area (TPSA) is 158 Å². The van der Waals surface area contributed by atoms with Crippen LogP contribution in [-0.4, -0.2) is 53.1 Å². The maximum absolute atomic E-state index is 13.8. The van der Waals surface area contributed by atoms with E-state index in [1.807, 2.05) is 5.32 Å². The maximum atomic E-state index is 13.8. The van der Waals surface area contributed by atoms with Crippen molar-refractivity contribution in [2.75, 3.05) is 12.8 Å². The largest absolute Gasteiger partial charge is 0.375 e. The van der Waals surface area contributed by atoms with Crippen molar-refractivity contribution in [2.24, 2.45) is 0 Å². The lowest BCUT2D eigenvalue weighted by Gasteiger charge is -2.36. The predicted molar refractivity (Wildman–Crippen MR) is 120 cm³/mol. The Morgan fingerprint density at radius 2 is 1.82 bits per heavy atom. The monoisotopic (exact) mass is 490 g/mol. The summed E-state index contributed by atoms with van der Waals surface area (Å²) in [6.45, 7) is 0.855. The minimum absolute atomic E-state index is 0.0177. The first-order valence-corrected chi connectivity index (χ1v) is 10.3. The number of thiazole rings is 1. The van der Waals surface area contributed by atoms with Crippen molar-refractivity contribution in [3.05, 3.63) is 46.5 Å². The number of hydrogen-bond donors (Lipinski definition) is 6. The molecule has 4 amide bonds. The molecule has 2 unspecified atom stereocenters. The molecular weight excluding hydrogens is 470 g/mol. The van der Waals surface area contributed by atoms with Crippen molar-refractivity contribution in [1.29, 1.82) is 0 Å². The number of urea groups is 1. The zero-order valence-electron chi connectivity index (χ0n) is 17.9. The number of amides is 4. The normalized spacial score (nSPS) is 12.6. The zero-order chi connectivity index (χ0) is 25.3. The quantitative estimate of drug-likeness (QED) is 0.199. The van der Waals surface area contributed by atoms with E-state index in [0.717, 1.165) is 6.92 Å². The van der Waals surface area contributed by atoms with Crippen molar-refractivity contribution in [3.8, 4) is 23.7 Å². The second-order valence-corrected chi connectivity index (χ2v) is 7.87. The number of carbonyl (C=O) groups excluding carboxylic acids is 3. The molecule has 0 aliphatic heterocycles. The Labute approximate surface area is 197 Å². The lowest BCUT2D eigenvalue weighted by atomic mass is 9.91. The molecule has 1 aromatic carbocycles. The molecule has 0 aliphatic rings. The van der Waals surface area contributed by atoms with Gasteiger partial charge in [0.1, 0.15) is 11.6 Å². The van der Waals surface area contributed by atoms with Gasteiger partial charge in [0, 0.05) is 18.2 Å². The average Bonchev–Trinajstić information content (AvgIpc) is 3.24. The van der Waals surface area contributed by atoms with Crippen molar-refractivity contribution in [3.63, 3.8) is 0 Å². The number of carbonyl (C=O) groups is 3. The number of alkyl halides is 2. The van der Waals surface area contributed by atoms with Crippen LogP contribution in [0, 0.1) is 23.7 Å². The number of rotatable bonds is 6. The molecule has 0 bridgehead atoms. The number of aromatic nitrogens is 1. The van der Waals surface area contributed by atoms with E-state index in [2.05, 4.69) is 39.3 Å². The number of nitrogens with one attached hydrogen (secondary N) is 4. The molecule has 2 atom stereocenters. The number of anilines is 1. The molecule has 13 heteroatoms. The molecule has 2 aromatic rings. The molecule has 1 heterocycles. The van der Waals surface area contributed by atoms with Crippen molar-refractivity contribution in [2.45, 2.75) is 24.9 Å². The summed E-state index contributed by atoms with van der Waals surface area (Å²) in [5, 5.41) is 15.5. The van der Waals surface area contributed by atoms with Crippen molar-refractivity contribution < 1.29 is 28.4 Å². The first-order chi connectivity index (χ1) is 16.1. The van der Waals surface area contributed by atoms with Crippen LogP contribution in [0.15, 0.2) is 30.5 Å². The highest BCUT2D eigenvalue weighted by Gasteiger charge is 2.48. The fraction of sp³-hybridized carbons (Fsp3) is 0.238. The number of nitrogens with zero attached hydrogens (tertiary/aromatic N) is 1. The van der Waals surface area contributed by atoms with Gasteiger partial charge in [-0.1, -0.05) is 17.3 Å². The fourth-order valence-electron chi connectivity index (χ4n) is 2.57. The molecule has 34 heavy (non-hydrogen) atoms. The SMILES string of the molecule is CNC(=O)NC(C)(C(F)F)C(NC(=O)c1ccc(C#CC#Cc2cnc(N)s2)cc1)C(=O)NO. The fourth-order valence-corrected chi connectivity index (χ4v) is 3.11. The summed E-state index contributed by atoms with van der Waals surface area (Å²) in [5.74, 6) is 8.57. The smallest absolute Gasteiger partial charge is 0.315 e. The molecule has 0 saturated carbocycles. The molecule has 0 fully saturated rings. The summed E-state index contributed by atoms with van der Waals surface area (Å²) in [7, 11) is 1.19. The van der Waals surface area contributed by atoms with Crippen molar-refractivity contribution in [1.82, 2.24) is 26.4 Å². The van der Waals surface area contributed by atoms with Crippen LogP contribution in [0.5, 0.6) is 0 Å². The maximum Gasteiger partial charge on any atom is 0.315 e. The van der Waals surface area contributed by atoms with Gasteiger partial charge in [0.2, 0.25) is 0 Å². The Balaban J connectivity index is 2.18. The molecule has 10 nitrogen and oxygen atoms in total. The number of hydroxylamine groups is 1. The van der Waals surface area contributed by atoms with E-state index in [4.69, 9.17) is 10.9 Å². The average molecular weight is 490 g/mol. The summed E-state index contributed by atoms with van der Waals surface area (Å²) in [6, 6.07) is 2.66. The minimum atomic E-state index is -3.28. The molecule has 0 saturated heterocycles. The third-order valence-corrected chi connectivity index (χ3v) is 5.18. The number of benzene rings is 1. The van der Waals surface area contributed by atoms with E-state index >= 15 is 0 Å². The van der Waals surface area contributed by atoms with Crippen LogP contribution >= 0.6 is 11.3 Å². The van der Waals surface area contributed by atoms with Crippen LogP contribution in [0.1, 0.15) is 27.7 Å². The van der Waals surface area contributed by atoms with Gasteiger partial charge in [0.25, 0.3) is 18.2 Å². The third kappa shape index (κ3) is 6.65. The number of nitrogens with two attached hydrogens (primary N) is 1. The second-order valence-electron chi connectivity index (χ2n) is 6.81. The highest BCUT2D eigenvalue weighted by Crippen LogP contribution is 2.21. The van der Waals surface area contributed by atoms with Gasteiger partial charge in [-0.25, -0.2) is 24.0 Å². The van der Waals surface area contributed by atoms with Gasteiger partial charge in [-0.3, -0.25) is 14.8 Å². The highest BCUT2D eigenvalue weighted by molar-refractivity contribution is 7.15. The first kappa shape index (κ1) is 26.1. The predicted octanol–water partition coefficient (Wildman–Crippen LogP) is 0.685. The molecular formula is C21H20F2N6O4S. The lowest BCUT2D eigenvalue weighted by molar-refractivity contribution is -0.135. The van der Waals surface area contributed by atoms with Gasteiger partial charge in [-0.05, 0) is 49.0 Å². The Morgan fingerprint density at radius 3 is 2.35 bits per heavy atom. The van der Waals surface area contributed by atoms with E-state index in [9.17, 15) is 23.2 Å². The van der Waals surface area contributed by atoms with E-state index in [1.54, 1.807) is 0 Å². The van der Waals surface area contributed by atoms with Crippen LogP contribution in [0.4, 0.5) is 18.7 Å². The number of hydrogen-bond acceptors (Lipinski definition) is 7. The summed E-state index contributed by atoms with van der Waals surface area (Å²) >= 11 is 1.22. The minimum Gasteiger partial charge on any atom is -0.375 e.